The predicted molar refractivity (Wildman–Crippen MR) is 57.5 cm³/mol. The quantitative estimate of drug-likeness (QED) is 0.768. The molecular formula is C11H16N2O2. The van der Waals surface area contributed by atoms with Crippen molar-refractivity contribution in [1.82, 2.24) is 4.57 Å². The van der Waals surface area contributed by atoms with Gasteiger partial charge in [-0.2, -0.15) is 0 Å². The zero-order valence-corrected chi connectivity index (χ0v) is 8.90. The van der Waals surface area contributed by atoms with Crippen molar-refractivity contribution in [2.24, 2.45) is 5.92 Å². The molecule has 1 aromatic heterocycles. The number of rotatable bonds is 3. The Morgan fingerprint density at radius 3 is 2.93 bits per heavy atom. The van der Waals surface area contributed by atoms with Gasteiger partial charge in [-0.3, -0.25) is 0 Å². The number of aromatic nitrogens is 1. The van der Waals surface area contributed by atoms with Gasteiger partial charge in [0, 0.05) is 12.7 Å². The normalized spacial score (nSPS) is 16.1. The zero-order chi connectivity index (χ0) is 10.8. The Balaban J connectivity index is 2.16. The predicted octanol–water partition coefficient (Wildman–Crippen LogP) is 1.66. The second kappa shape index (κ2) is 3.96. The second-order valence-corrected chi connectivity index (χ2v) is 4.10. The van der Waals surface area contributed by atoms with Crippen LogP contribution in [0, 0.1) is 5.92 Å². The van der Waals surface area contributed by atoms with Gasteiger partial charge in [0.2, 0.25) is 0 Å². The molecule has 1 fully saturated rings. The Bertz CT molecular complexity index is 367. The van der Waals surface area contributed by atoms with Crippen molar-refractivity contribution >= 4 is 11.7 Å². The summed E-state index contributed by atoms with van der Waals surface area (Å²) in [6.07, 6.45) is 5.61. The minimum absolute atomic E-state index is 0.314. The van der Waals surface area contributed by atoms with Crippen molar-refractivity contribution in [1.29, 1.82) is 0 Å². The summed E-state index contributed by atoms with van der Waals surface area (Å²) in [6.45, 7) is 0.877. The summed E-state index contributed by atoms with van der Waals surface area (Å²) in [5.41, 5.74) is 6.86. The van der Waals surface area contributed by atoms with Gasteiger partial charge in [0.25, 0.3) is 0 Å². The third-order valence-corrected chi connectivity index (χ3v) is 2.99. The summed E-state index contributed by atoms with van der Waals surface area (Å²) in [5.74, 6) is 0.381. The third-order valence-electron chi connectivity index (χ3n) is 2.99. The summed E-state index contributed by atoms with van der Waals surface area (Å²) < 4.78 is 6.62. The van der Waals surface area contributed by atoms with Crippen LogP contribution in [0.25, 0.3) is 0 Å². The van der Waals surface area contributed by atoms with E-state index in [1.165, 1.54) is 26.4 Å². The maximum absolute atomic E-state index is 11.4. The highest BCUT2D eigenvalue weighted by Crippen LogP contribution is 2.29. The molecule has 1 heterocycles. The lowest BCUT2D eigenvalue weighted by molar-refractivity contribution is 0.0586. The van der Waals surface area contributed by atoms with Crippen molar-refractivity contribution in [3.63, 3.8) is 0 Å². The average molecular weight is 208 g/mol. The van der Waals surface area contributed by atoms with Crippen molar-refractivity contribution in [2.75, 3.05) is 12.8 Å². The van der Waals surface area contributed by atoms with Crippen molar-refractivity contribution in [2.45, 2.75) is 25.8 Å². The molecule has 4 nitrogen and oxygen atoms in total. The fraction of sp³-hybridized carbons (Fsp3) is 0.545. The molecule has 1 saturated carbocycles. The van der Waals surface area contributed by atoms with Crippen LogP contribution in [0.1, 0.15) is 29.8 Å². The van der Waals surface area contributed by atoms with Gasteiger partial charge < -0.3 is 15.0 Å². The molecule has 2 N–H and O–H groups in total. The van der Waals surface area contributed by atoms with E-state index in [1.54, 1.807) is 6.07 Å². The topological polar surface area (TPSA) is 57.2 Å². The van der Waals surface area contributed by atoms with E-state index in [-0.39, 0.29) is 5.97 Å². The first kappa shape index (κ1) is 10.1. The van der Waals surface area contributed by atoms with Crippen LogP contribution >= 0.6 is 0 Å². The highest BCUT2D eigenvalue weighted by Gasteiger charge is 2.21. The Morgan fingerprint density at radius 2 is 2.40 bits per heavy atom. The molecule has 1 aromatic rings. The maximum atomic E-state index is 11.4. The number of anilines is 1. The number of ether oxygens (including phenoxy) is 1. The van der Waals surface area contributed by atoms with Gasteiger partial charge in [-0.05, 0) is 24.8 Å². The first-order chi connectivity index (χ1) is 7.20. The van der Waals surface area contributed by atoms with E-state index in [0.29, 0.717) is 17.3 Å². The van der Waals surface area contributed by atoms with Gasteiger partial charge in [0.15, 0.2) is 0 Å². The standard InChI is InChI=1S/C11H16N2O2/c1-15-11(14)10-5-9(12)7-13(10)6-8-3-2-4-8/h5,7-8H,2-4,6,12H2,1H3. The molecule has 4 heteroatoms. The number of carbonyl (C=O) groups excluding carboxylic acids is 1. The summed E-state index contributed by atoms with van der Waals surface area (Å²) in [4.78, 5) is 11.4. The number of carbonyl (C=O) groups is 1. The van der Waals surface area contributed by atoms with Crippen LogP contribution in [0.5, 0.6) is 0 Å². The van der Waals surface area contributed by atoms with Gasteiger partial charge in [0.1, 0.15) is 5.69 Å². The summed E-state index contributed by atoms with van der Waals surface area (Å²) >= 11 is 0. The molecule has 0 radical (unpaired) electrons. The first-order valence-electron chi connectivity index (χ1n) is 5.24. The van der Waals surface area contributed by atoms with Gasteiger partial charge in [0.05, 0.1) is 12.8 Å². The number of esters is 1. The van der Waals surface area contributed by atoms with E-state index in [4.69, 9.17) is 10.5 Å². The summed E-state index contributed by atoms with van der Waals surface area (Å²) in [5, 5.41) is 0. The molecule has 82 valence electrons. The van der Waals surface area contributed by atoms with Crippen LogP contribution in [0.3, 0.4) is 0 Å². The molecule has 0 aromatic carbocycles. The highest BCUT2D eigenvalue weighted by atomic mass is 16.5. The molecule has 0 aliphatic heterocycles. The number of nitrogen functional groups attached to an aromatic ring is 1. The molecular weight excluding hydrogens is 192 g/mol. The van der Waals surface area contributed by atoms with E-state index in [9.17, 15) is 4.79 Å². The first-order valence-corrected chi connectivity index (χ1v) is 5.24. The summed E-state index contributed by atoms with van der Waals surface area (Å²) in [6, 6.07) is 1.67. The fourth-order valence-corrected chi connectivity index (χ4v) is 1.91. The van der Waals surface area contributed by atoms with Crippen molar-refractivity contribution < 1.29 is 9.53 Å². The van der Waals surface area contributed by atoms with Gasteiger partial charge in [-0.25, -0.2) is 4.79 Å². The number of nitrogens with zero attached hydrogens (tertiary/aromatic N) is 1. The Kier molecular flexibility index (Phi) is 2.66. The lowest BCUT2D eigenvalue weighted by Crippen LogP contribution is -2.20. The van der Waals surface area contributed by atoms with E-state index in [1.807, 2.05) is 10.8 Å². The molecule has 1 aliphatic carbocycles. The number of hydrogen-bond acceptors (Lipinski definition) is 3. The molecule has 0 unspecified atom stereocenters. The van der Waals surface area contributed by atoms with E-state index < -0.39 is 0 Å². The maximum Gasteiger partial charge on any atom is 0.354 e. The molecule has 2 rings (SSSR count). The smallest absolute Gasteiger partial charge is 0.354 e. The van der Waals surface area contributed by atoms with E-state index in [0.717, 1.165) is 6.54 Å². The Morgan fingerprint density at radius 1 is 1.67 bits per heavy atom. The third kappa shape index (κ3) is 1.98. The second-order valence-electron chi connectivity index (χ2n) is 4.10. The largest absolute Gasteiger partial charge is 0.464 e. The Hall–Kier alpha value is -1.45. The van der Waals surface area contributed by atoms with Crippen LogP contribution < -0.4 is 5.73 Å². The van der Waals surface area contributed by atoms with E-state index in [2.05, 4.69) is 0 Å². The SMILES string of the molecule is COC(=O)c1cc(N)cn1CC1CCC1. The van der Waals surface area contributed by atoms with Crippen LogP contribution in [-0.4, -0.2) is 17.6 Å². The molecule has 0 atom stereocenters. The number of hydrogen-bond donors (Lipinski definition) is 1. The summed E-state index contributed by atoms with van der Waals surface area (Å²) in [7, 11) is 1.39. The number of nitrogens with two attached hydrogens (primary N) is 1. The minimum atomic E-state index is -0.314. The monoisotopic (exact) mass is 208 g/mol. The molecule has 0 amide bonds. The van der Waals surface area contributed by atoms with Gasteiger partial charge in [-0.1, -0.05) is 6.42 Å². The van der Waals surface area contributed by atoms with Crippen LogP contribution in [0.4, 0.5) is 5.69 Å². The fourth-order valence-electron chi connectivity index (χ4n) is 1.91. The Labute approximate surface area is 89.0 Å². The molecule has 1 aliphatic rings. The van der Waals surface area contributed by atoms with E-state index >= 15 is 0 Å². The lowest BCUT2D eigenvalue weighted by atomic mass is 9.85. The lowest BCUT2D eigenvalue weighted by Gasteiger charge is -2.26. The van der Waals surface area contributed by atoms with Crippen LogP contribution in [0.15, 0.2) is 12.3 Å². The average Bonchev–Trinajstić information content (AvgIpc) is 2.52. The van der Waals surface area contributed by atoms with Crippen molar-refractivity contribution in [3.8, 4) is 0 Å². The van der Waals surface area contributed by atoms with Gasteiger partial charge >= 0.3 is 5.97 Å². The zero-order valence-electron chi connectivity index (χ0n) is 8.90. The molecule has 0 spiro atoms. The number of methoxy groups -OCH3 is 1. The van der Waals surface area contributed by atoms with Crippen LogP contribution in [0.2, 0.25) is 0 Å². The highest BCUT2D eigenvalue weighted by molar-refractivity contribution is 5.88. The van der Waals surface area contributed by atoms with Crippen molar-refractivity contribution in [3.05, 3.63) is 18.0 Å². The van der Waals surface area contributed by atoms with Crippen LogP contribution in [-0.2, 0) is 11.3 Å². The minimum Gasteiger partial charge on any atom is -0.464 e. The molecule has 0 saturated heterocycles. The van der Waals surface area contributed by atoms with Gasteiger partial charge in [-0.15, -0.1) is 0 Å². The molecule has 15 heavy (non-hydrogen) atoms. The molecule has 0 bridgehead atoms.